The molecule has 0 radical (unpaired) electrons. The number of alkyl halides is 2. The fraction of sp³-hybridized carbons (Fsp3) is 0.368. The average molecular weight is 372 g/mol. The zero-order chi connectivity index (χ0) is 19.0. The Morgan fingerprint density at radius 2 is 2.26 bits per heavy atom. The van der Waals surface area contributed by atoms with Gasteiger partial charge in [-0.05, 0) is 38.0 Å². The van der Waals surface area contributed by atoms with Crippen molar-refractivity contribution in [3.8, 4) is 0 Å². The number of piperidine rings is 1. The molecule has 8 heteroatoms. The molecule has 1 saturated heterocycles. The Hall–Kier alpha value is -2.90. The maximum Gasteiger partial charge on any atom is 0.264 e. The number of fused-ring (bicyclic) bond motifs is 1. The van der Waals surface area contributed by atoms with E-state index < -0.39 is 6.43 Å². The van der Waals surface area contributed by atoms with Crippen LogP contribution in [0, 0.1) is 6.92 Å². The summed E-state index contributed by atoms with van der Waals surface area (Å²) < 4.78 is 32.2. The summed E-state index contributed by atoms with van der Waals surface area (Å²) in [6, 6.07) is 4.86. The van der Waals surface area contributed by atoms with E-state index in [1.807, 2.05) is 0 Å². The van der Waals surface area contributed by atoms with Gasteiger partial charge in [0.2, 0.25) is 0 Å². The van der Waals surface area contributed by atoms with Crippen LogP contribution in [0.4, 0.5) is 8.78 Å². The second-order valence-corrected chi connectivity index (χ2v) is 6.72. The minimum absolute atomic E-state index is 0.113. The first-order valence-electron chi connectivity index (χ1n) is 8.79. The Kier molecular flexibility index (Phi) is 4.55. The SMILES string of the molecule is Cc1noc2nc(C3CCCN(C(=O)c4cccnc4)C3)cc(C(F)F)c12. The van der Waals surface area contributed by atoms with E-state index in [0.717, 1.165) is 12.8 Å². The van der Waals surface area contributed by atoms with E-state index in [4.69, 9.17) is 4.52 Å². The van der Waals surface area contributed by atoms with Crippen LogP contribution in [0.15, 0.2) is 35.1 Å². The Balaban J connectivity index is 1.64. The molecule has 3 aromatic rings. The highest BCUT2D eigenvalue weighted by molar-refractivity contribution is 5.94. The predicted octanol–water partition coefficient (Wildman–Crippen LogP) is 3.88. The van der Waals surface area contributed by atoms with Crippen molar-refractivity contribution in [1.82, 2.24) is 20.0 Å². The molecule has 27 heavy (non-hydrogen) atoms. The van der Waals surface area contributed by atoms with Crippen LogP contribution in [-0.4, -0.2) is 39.0 Å². The third-order valence-electron chi connectivity index (χ3n) is 4.94. The minimum atomic E-state index is -2.65. The molecule has 0 spiro atoms. The summed E-state index contributed by atoms with van der Waals surface area (Å²) in [4.78, 5) is 22.8. The van der Waals surface area contributed by atoms with E-state index in [1.165, 1.54) is 12.3 Å². The number of aryl methyl sites for hydroxylation is 1. The zero-order valence-corrected chi connectivity index (χ0v) is 14.7. The Morgan fingerprint density at radius 3 is 3.00 bits per heavy atom. The molecule has 1 aliphatic rings. The van der Waals surface area contributed by atoms with Crippen molar-refractivity contribution in [1.29, 1.82) is 0 Å². The van der Waals surface area contributed by atoms with Crippen LogP contribution in [0.1, 0.15) is 52.5 Å². The van der Waals surface area contributed by atoms with E-state index in [2.05, 4.69) is 15.1 Å². The Morgan fingerprint density at radius 1 is 1.41 bits per heavy atom. The smallest absolute Gasteiger partial charge is 0.264 e. The summed E-state index contributed by atoms with van der Waals surface area (Å²) in [5, 5.41) is 4.04. The number of halogens is 2. The van der Waals surface area contributed by atoms with E-state index in [0.29, 0.717) is 30.0 Å². The van der Waals surface area contributed by atoms with Crippen molar-refractivity contribution in [2.45, 2.75) is 32.1 Å². The fourth-order valence-corrected chi connectivity index (χ4v) is 3.60. The standard InChI is InChI=1S/C19H18F2N4O2/c1-11-16-14(17(20)21)8-15(23-18(16)27-24-11)13-5-3-7-25(10-13)19(26)12-4-2-6-22-9-12/h2,4,6,8-9,13,17H,3,5,7,10H2,1H3. The topological polar surface area (TPSA) is 72.1 Å². The first kappa shape index (κ1) is 17.5. The maximum absolute atomic E-state index is 13.6. The van der Waals surface area contributed by atoms with Gasteiger partial charge in [0.15, 0.2) is 0 Å². The van der Waals surface area contributed by atoms with Gasteiger partial charge in [-0.1, -0.05) is 5.16 Å². The molecule has 0 saturated carbocycles. The summed E-state index contributed by atoms with van der Waals surface area (Å²) >= 11 is 0. The summed E-state index contributed by atoms with van der Waals surface area (Å²) in [6.45, 7) is 2.66. The number of nitrogens with zero attached hydrogens (tertiary/aromatic N) is 4. The first-order chi connectivity index (χ1) is 13.0. The van der Waals surface area contributed by atoms with Crippen molar-refractivity contribution in [2.75, 3.05) is 13.1 Å². The number of hydrogen-bond acceptors (Lipinski definition) is 5. The molecule has 0 bridgehead atoms. The van der Waals surface area contributed by atoms with Crippen molar-refractivity contribution in [3.63, 3.8) is 0 Å². The largest absolute Gasteiger partial charge is 0.338 e. The van der Waals surface area contributed by atoms with Gasteiger partial charge in [0.05, 0.1) is 16.6 Å². The van der Waals surface area contributed by atoms with Gasteiger partial charge >= 0.3 is 0 Å². The highest BCUT2D eigenvalue weighted by Crippen LogP contribution is 2.34. The molecule has 4 rings (SSSR count). The van der Waals surface area contributed by atoms with Gasteiger partial charge in [-0.15, -0.1) is 0 Å². The third kappa shape index (κ3) is 3.27. The van der Waals surface area contributed by atoms with E-state index in [9.17, 15) is 13.6 Å². The quantitative estimate of drug-likeness (QED) is 0.698. The van der Waals surface area contributed by atoms with Crippen molar-refractivity contribution < 1.29 is 18.1 Å². The normalized spacial score (nSPS) is 17.6. The lowest BCUT2D eigenvalue weighted by atomic mass is 9.92. The van der Waals surface area contributed by atoms with Gasteiger partial charge in [-0.2, -0.15) is 0 Å². The van der Waals surface area contributed by atoms with Crippen molar-refractivity contribution >= 4 is 17.0 Å². The van der Waals surface area contributed by atoms with Gasteiger partial charge in [0, 0.05) is 42.7 Å². The van der Waals surface area contributed by atoms with Crippen LogP contribution in [-0.2, 0) is 0 Å². The summed E-state index contributed by atoms with van der Waals surface area (Å²) in [7, 11) is 0. The molecule has 0 N–H and O–H groups in total. The number of likely N-dealkylation sites (tertiary alicyclic amines) is 1. The molecule has 140 valence electrons. The number of rotatable bonds is 3. The number of pyridine rings is 2. The zero-order valence-electron chi connectivity index (χ0n) is 14.7. The molecule has 1 atom stereocenters. The molecule has 4 heterocycles. The van der Waals surface area contributed by atoms with Crippen LogP contribution in [0.3, 0.4) is 0 Å². The molecule has 1 amide bonds. The molecule has 0 aromatic carbocycles. The minimum Gasteiger partial charge on any atom is -0.338 e. The summed E-state index contributed by atoms with van der Waals surface area (Å²) in [6.07, 6.45) is 2.04. The number of carbonyl (C=O) groups excluding carboxylic acids is 1. The lowest BCUT2D eigenvalue weighted by Crippen LogP contribution is -2.39. The number of hydrogen-bond donors (Lipinski definition) is 0. The van der Waals surface area contributed by atoms with Gasteiger partial charge in [0.25, 0.3) is 18.0 Å². The van der Waals surface area contributed by atoms with Gasteiger partial charge < -0.3 is 9.42 Å². The van der Waals surface area contributed by atoms with Gasteiger partial charge in [-0.3, -0.25) is 9.78 Å². The number of aromatic nitrogens is 3. The predicted molar refractivity (Wildman–Crippen MR) is 93.6 cm³/mol. The number of amides is 1. The Bertz CT molecular complexity index is 975. The van der Waals surface area contributed by atoms with Crippen LogP contribution >= 0.6 is 0 Å². The van der Waals surface area contributed by atoms with Crippen molar-refractivity contribution in [2.24, 2.45) is 0 Å². The highest BCUT2D eigenvalue weighted by Gasteiger charge is 2.29. The molecular weight excluding hydrogens is 354 g/mol. The van der Waals surface area contributed by atoms with Gasteiger partial charge in [0.1, 0.15) is 0 Å². The third-order valence-corrected chi connectivity index (χ3v) is 4.94. The lowest BCUT2D eigenvalue weighted by molar-refractivity contribution is 0.0705. The van der Waals surface area contributed by atoms with E-state index >= 15 is 0 Å². The van der Waals surface area contributed by atoms with E-state index in [-0.39, 0.29) is 28.5 Å². The highest BCUT2D eigenvalue weighted by atomic mass is 19.3. The number of carbonyl (C=O) groups is 1. The molecular formula is C19H18F2N4O2. The first-order valence-corrected chi connectivity index (χ1v) is 8.79. The van der Waals surface area contributed by atoms with Gasteiger partial charge in [-0.25, -0.2) is 13.8 Å². The molecule has 3 aromatic heterocycles. The van der Waals surface area contributed by atoms with E-state index in [1.54, 1.807) is 30.2 Å². The van der Waals surface area contributed by atoms with Crippen LogP contribution in [0.5, 0.6) is 0 Å². The summed E-state index contributed by atoms with van der Waals surface area (Å²) in [5.74, 6) is -0.245. The molecule has 1 aliphatic heterocycles. The van der Waals surface area contributed by atoms with Crippen LogP contribution in [0.2, 0.25) is 0 Å². The molecule has 6 nitrogen and oxygen atoms in total. The second-order valence-electron chi connectivity index (χ2n) is 6.72. The second kappa shape index (κ2) is 7.02. The van der Waals surface area contributed by atoms with Crippen LogP contribution in [0.25, 0.3) is 11.1 Å². The molecule has 0 aliphatic carbocycles. The lowest BCUT2D eigenvalue weighted by Gasteiger charge is -2.32. The monoisotopic (exact) mass is 372 g/mol. The molecule has 1 unspecified atom stereocenters. The Labute approximate surface area is 154 Å². The fourth-order valence-electron chi connectivity index (χ4n) is 3.60. The maximum atomic E-state index is 13.6. The molecule has 1 fully saturated rings. The summed E-state index contributed by atoms with van der Waals surface area (Å²) in [5.41, 5.74) is 1.43. The van der Waals surface area contributed by atoms with Crippen molar-refractivity contribution in [3.05, 3.63) is 53.1 Å². The average Bonchev–Trinajstić information content (AvgIpc) is 3.08. The van der Waals surface area contributed by atoms with Crippen LogP contribution < -0.4 is 0 Å².